The van der Waals surface area contributed by atoms with Gasteiger partial charge in [0.05, 0.1) is 4.47 Å². The summed E-state index contributed by atoms with van der Waals surface area (Å²) in [5.74, 6) is 1.64. The number of hydrogen-bond donors (Lipinski definition) is 1. The van der Waals surface area contributed by atoms with Crippen molar-refractivity contribution in [2.45, 2.75) is 13.3 Å². The van der Waals surface area contributed by atoms with E-state index in [1.165, 1.54) is 11.1 Å². The molecule has 1 aromatic heterocycles. The first-order valence-electron chi connectivity index (χ1n) is 5.44. The lowest BCUT2D eigenvalue weighted by Crippen LogP contribution is -2.01. The summed E-state index contributed by atoms with van der Waals surface area (Å²) in [6, 6.07) is 8.43. The molecule has 0 saturated heterocycles. The molecule has 0 aliphatic carbocycles. The molecule has 3 nitrogen and oxygen atoms in total. The van der Waals surface area contributed by atoms with E-state index >= 15 is 0 Å². The Hall–Kier alpha value is -1.42. The van der Waals surface area contributed by atoms with Gasteiger partial charge in [-0.15, -0.1) is 0 Å². The van der Waals surface area contributed by atoms with E-state index < -0.39 is 0 Å². The van der Waals surface area contributed by atoms with E-state index in [1.807, 2.05) is 7.05 Å². The fourth-order valence-corrected chi connectivity index (χ4v) is 1.94. The predicted octanol–water partition coefficient (Wildman–Crippen LogP) is 3.18. The van der Waals surface area contributed by atoms with Gasteiger partial charge in [0.1, 0.15) is 11.6 Å². The third-order valence-corrected chi connectivity index (χ3v) is 3.09. The molecule has 0 radical (unpaired) electrons. The molecule has 2 aromatic rings. The van der Waals surface area contributed by atoms with Crippen LogP contribution in [0.1, 0.15) is 17.0 Å². The quantitative estimate of drug-likeness (QED) is 0.944. The van der Waals surface area contributed by atoms with E-state index in [9.17, 15) is 0 Å². The van der Waals surface area contributed by atoms with Gasteiger partial charge in [0.2, 0.25) is 0 Å². The minimum atomic E-state index is 0.752. The molecule has 0 aliphatic rings. The molecule has 0 atom stereocenters. The molecule has 0 fully saturated rings. The summed E-state index contributed by atoms with van der Waals surface area (Å²) in [6.07, 6.45) is 2.53. The molecule has 2 rings (SSSR count). The van der Waals surface area contributed by atoms with Gasteiger partial charge >= 0.3 is 0 Å². The predicted molar refractivity (Wildman–Crippen MR) is 73.3 cm³/mol. The smallest absolute Gasteiger partial charge is 0.143 e. The Morgan fingerprint density at radius 2 is 1.94 bits per heavy atom. The Kier molecular flexibility index (Phi) is 3.74. The Morgan fingerprint density at radius 1 is 1.24 bits per heavy atom. The SMILES string of the molecule is CNc1nc(Cc2ccc(C)cc2)ncc1Br. The van der Waals surface area contributed by atoms with Gasteiger partial charge in [-0.1, -0.05) is 29.8 Å². The first kappa shape index (κ1) is 12.0. The second-order valence-corrected chi connectivity index (χ2v) is 4.75. The van der Waals surface area contributed by atoms with Crippen LogP contribution in [0.15, 0.2) is 34.9 Å². The van der Waals surface area contributed by atoms with Crippen LogP contribution >= 0.6 is 15.9 Å². The van der Waals surface area contributed by atoms with Gasteiger partial charge < -0.3 is 5.32 Å². The standard InChI is InChI=1S/C13H14BrN3/c1-9-3-5-10(6-4-9)7-12-16-8-11(14)13(15-2)17-12/h3-6,8H,7H2,1-2H3,(H,15,16,17). The minimum Gasteiger partial charge on any atom is -0.372 e. The average Bonchev–Trinajstić information content (AvgIpc) is 2.34. The van der Waals surface area contributed by atoms with Crippen LogP contribution in [-0.4, -0.2) is 17.0 Å². The van der Waals surface area contributed by atoms with Crippen molar-refractivity contribution >= 4 is 21.7 Å². The molecule has 0 unspecified atom stereocenters. The van der Waals surface area contributed by atoms with Crippen molar-refractivity contribution in [2.24, 2.45) is 0 Å². The zero-order valence-corrected chi connectivity index (χ0v) is 11.5. The summed E-state index contributed by atoms with van der Waals surface area (Å²) in [5.41, 5.74) is 2.49. The molecule has 0 aliphatic heterocycles. The minimum absolute atomic E-state index is 0.752. The highest BCUT2D eigenvalue weighted by molar-refractivity contribution is 9.10. The first-order valence-corrected chi connectivity index (χ1v) is 6.23. The Morgan fingerprint density at radius 3 is 2.59 bits per heavy atom. The number of aryl methyl sites for hydroxylation is 1. The Labute approximate surface area is 109 Å². The molecule has 0 bridgehead atoms. The molecule has 1 heterocycles. The number of halogens is 1. The summed E-state index contributed by atoms with van der Waals surface area (Å²) >= 11 is 3.40. The van der Waals surface area contributed by atoms with E-state index in [2.05, 4.69) is 62.4 Å². The first-order chi connectivity index (χ1) is 8.19. The van der Waals surface area contributed by atoms with E-state index in [0.717, 1.165) is 22.5 Å². The molecule has 0 amide bonds. The van der Waals surface area contributed by atoms with Crippen molar-refractivity contribution < 1.29 is 0 Å². The zero-order chi connectivity index (χ0) is 12.3. The number of anilines is 1. The summed E-state index contributed by atoms with van der Waals surface area (Å²) in [5, 5.41) is 3.03. The molecule has 0 saturated carbocycles. The van der Waals surface area contributed by atoms with Gasteiger partial charge in [0.15, 0.2) is 0 Å². The van der Waals surface area contributed by atoms with Crippen LogP contribution in [0.4, 0.5) is 5.82 Å². The number of rotatable bonds is 3. The highest BCUT2D eigenvalue weighted by atomic mass is 79.9. The van der Waals surface area contributed by atoms with Gasteiger partial charge in [0, 0.05) is 19.7 Å². The molecule has 17 heavy (non-hydrogen) atoms. The lowest BCUT2D eigenvalue weighted by atomic mass is 10.1. The largest absolute Gasteiger partial charge is 0.372 e. The highest BCUT2D eigenvalue weighted by Gasteiger charge is 2.04. The van der Waals surface area contributed by atoms with Crippen LogP contribution in [0.3, 0.4) is 0 Å². The molecular weight excluding hydrogens is 278 g/mol. The van der Waals surface area contributed by atoms with Crippen LogP contribution in [0.5, 0.6) is 0 Å². The van der Waals surface area contributed by atoms with Crippen molar-refractivity contribution in [3.8, 4) is 0 Å². The Bertz CT molecular complexity index is 509. The maximum absolute atomic E-state index is 4.44. The van der Waals surface area contributed by atoms with Gasteiger partial charge in [-0.25, -0.2) is 9.97 Å². The van der Waals surface area contributed by atoms with Crippen molar-refractivity contribution in [3.63, 3.8) is 0 Å². The normalized spacial score (nSPS) is 10.3. The van der Waals surface area contributed by atoms with Crippen molar-refractivity contribution in [2.75, 3.05) is 12.4 Å². The van der Waals surface area contributed by atoms with Crippen LogP contribution in [-0.2, 0) is 6.42 Å². The van der Waals surface area contributed by atoms with Crippen LogP contribution in [0.2, 0.25) is 0 Å². The third kappa shape index (κ3) is 3.03. The van der Waals surface area contributed by atoms with Crippen LogP contribution < -0.4 is 5.32 Å². The van der Waals surface area contributed by atoms with Crippen molar-refractivity contribution in [1.82, 2.24) is 9.97 Å². The van der Waals surface area contributed by atoms with Gasteiger partial charge in [0.25, 0.3) is 0 Å². The Balaban J connectivity index is 2.21. The monoisotopic (exact) mass is 291 g/mol. The number of benzene rings is 1. The number of nitrogens with one attached hydrogen (secondary N) is 1. The second-order valence-electron chi connectivity index (χ2n) is 3.90. The molecule has 1 aromatic carbocycles. The van der Waals surface area contributed by atoms with E-state index in [0.29, 0.717) is 0 Å². The van der Waals surface area contributed by atoms with E-state index in [-0.39, 0.29) is 0 Å². The maximum atomic E-state index is 4.44. The highest BCUT2D eigenvalue weighted by Crippen LogP contribution is 2.18. The summed E-state index contributed by atoms with van der Waals surface area (Å²) in [4.78, 5) is 8.75. The van der Waals surface area contributed by atoms with Gasteiger partial charge in [-0.2, -0.15) is 0 Å². The van der Waals surface area contributed by atoms with Gasteiger partial charge in [-0.05, 0) is 28.4 Å². The number of aromatic nitrogens is 2. The number of nitrogens with zero attached hydrogens (tertiary/aromatic N) is 2. The average molecular weight is 292 g/mol. The summed E-state index contributed by atoms with van der Waals surface area (Å²) in [6.45, 7) is 2.08. The van der Waals surface area contributed by atoms with Gasteiger partial charge in [-0.3, -0.25) is 0 Å². The molecule has 0 spiro atoms. The summed E-state index contributed by atoms with van der Waals surface area (Å²) in [7, 11) is 1.85. The van der Waals surface area contributed by atoms with E-state index in [4.69, 9.17) is 0 Å². The lowest BCUT2D eigenvalue weighted by molar-refractivity contribution is 0.963. The van der Waals surface area contributed by atoms with Crippen LogP contribution in [0.25, 0.3) is 0 Å². The topological polar surface area (TPSA) is 37.8 Å². The molecule has 4 heteroatoms. The summed E-state index contributed by atoms with van der Waals surface area (Å²) < 4.78 is 0.882. The fourth-order valence-electron chi connectivity index (χ4n) is 1.55. The number of hydrogen-bond acceptors (Lipinski definition) is 3. The zero-order valence-electron chi connectivity index (χ0n) is 9.87. The molecule has 1 N–H and O–H groups in total. The van der Waals surface area contributed by atoms with Crippen molar-refractivity contribution in [3.05, 3.63) is 51.9 Å². The van der Waals surface area contributed by atoms with E-state index in [1.54, 1.807) is 6.20 Å². The maximum Gasteiger partial charge on any atom is 0.143 e. The lowest BCUT2D eigenvalue weighted by Gasteiger charge is -2.05. The third-order valence-electron chi connectivity index (χ3n) is 2.51. The van der Waals surface area contributed by atoms with Crippen LogP contribution in [0, 0.1) is 6.92 Å². The molecule has 88 valence electrons. The van der Waals surface area contributed by atoms with Crippen molar-refractivity contribution in [1.29, 1.82) is 0 Å². The molecular formula is C13H14BrN3. The fraction of sp³-hybridized carbons (Fsp3) is 0.231. The second kappa shape index (κ2) is 5.27.